The first-order valence-corrected chi connectivity index (χ1v) is 7.69. The van der Waals surface area contributed by atoms with Crippen LogP contribution < -0.4 is 5.32 Å². The Bertz CT molecular complexity index is 219. The van der Waals surface area contributed by atoms with Gasteiger partial charge in [0, 0.05) is 31.2 Å². The van der Waals surface area contributed by atoms with Gasteiger partial charge in [0.05, 0.1) is 0 Å². The normalized spacial score (nSPS) is 32.5. The minimum atomic E-state index is 0.735. The van der Waals surface area contributed by atoms with Gasteiger partial charge in [-0.3, -0.25) is 4.90 Å². The van der Waals surface area contributed by atoms with Crippen LogP contribution in [0.1, 0.15) is 59.3 Å². The number of hydrogen-bond acceptors (Lipinski definition) is 2. The van der Waals surface area contributed by atoms with Crippen molar-refractivity contribution in [1.29, 1.82) is 0 Å². The predicted octanol–water partition coefficient (Wildman–Crippen LogP) is 3.03. The average Bonchev–Trinajstić information content (AvgIpc) is 2.81. The fourth-order valence-electron chi connectivity index (χ4n) is 3.68. The topological polar surface area (TPSA) is 15.3 Å². The van der Waals surface area contributed by atoms with Crippen molar-refractivity contribution in [1.82, 2.24) is 10.2 Å². The van der Waals surface area contributed by atoms with Crippen LogP contribution in [0.15, 0.2) is 0 Å². The molecule has 0 spiro atoms. The lowest BCUT2D eigenvalue weighted by Crippen LogP contribution is -2.59. The summed E-state index contributed by atoms with van der Waals surface area (Å²) >= 11 is 0. The molecule has 2 nitrogen and oxygen atoms in total. The molecule has 2 aliphatic rings. The van der Waals surface area contributed by atoms with Crippen LogP contribution in [0.25, 0.3) is 0 Å². The Morgan fingerprint density at radius 1 is 1.24 bits per heavy atom. The summed E-state index contributed by atoms with van der Waals surface area (Å²) in [6.45, 7) is 9.53. The second-order valence-corrected chi connectivity index (χ2v) is 6.43. The summed E-state index contributed by atoms with van der Waals surface area (Å²) in [5, 5.41) is 3.76. The van der Waals surface area contributed by atoms with E-state index in [9.17, 15) is 0 Å². The van der Waals surface area contributed by atoms with Gasteiger partial charge in [-0.1, -0.05) is 33.6 Å². The van der Waals surface area contributed by atoms with Gasteiger partial charge in [0.25, 0.3) is 0 Å². The smallest absolute Gasteiger partial charge is 0.0221 e. The van der Waals surface area contributed by atoms with Gasteiger partial charge in [-0.25, -0.2) is 0 Å². The number of rotatable bonds is 4. The van der Waals surface area contributed by atoms with Crippen molar-refractivity contribution in [3.8, 4) is 0 Å². The van der Waals surface area contributed by atoms with E-state index in [1.807, 2.05) is 0 Å². The first-order valence-electron chi connectivity index (χ1n) is 7.69. The van der Waals surface area contributed by atoms with E-state index in [-0.39, 0.29) is 0 Å². The van der Waals surface area contributed by atoms with E-state index in [4.69, 9.17) is 0 Å². The fraction of sp³-hybridized carbons (Fsp3) is 1.00. The largest absolute Gasteiger partial charge is 0.311 e. The highest BCUT2D eigenvalue weighted by molar-refractivity contribution is 4.91. The maximum Gasteiger partial charge on any atom is 0.0221 e. The van der Waals surface area contributed by atoms with Gasteiger partial charge in [0.2, 0.25) is 0 Å². The highest BCUT2D eigenvalue weighted by atomic mass is 15.3. The molecule has 2 heteroatoms. The monoisotopic (exact) mass is 238 g/mol. The van der Waals surface area contributed by atoms with E-state index in [0.717, 1.165) is 24.0 Å². The zero-order valence-corrected chi connectivity index (χ0v) is 11.9. The Morgan fingerprint density at radius 2 is 1.94 bits per heavy atom. The molecule has 0 amide bonds. The fourth-order valence-corrected chi connectivity index (χ4v) is 3.68. The van der Waals surface area contributed by atoms with Crippen LogP contribution in [0.3, 0.4) is 0 Å². The van der Waals surface area contributed by atoms with Crippen LogP contribution in [-0.4, -0.2) is 36.1 Å². The van der Waals surface area contributed by atoms with E-state index in [1.165, 1.54) is 51.6 Å². The lowest BCUT2D eigenvalue weighted by atomic mass is 9.97. The van der Waals surface area contributed by atoms with Crippen molar-refractivity contribution >= 4 is 0 Å². The molecule has 2 rings (SSSR count). The summed E-state index contributed by atoms with van der Waals surface area (Å²) in [6, 6.07) is 2.43. The van der Waals surface area contributed by atoms with Crippen molar-refractivity contribution in [2.45, 2.75) is 77.4 Å². The molecule has 1 aliphatic carbocycles. The number of hydrogen-bond donors (Lipinski definition) is 1. The SMILES string of the molecule is CCC1CNC(CC(C)C)CN1C1CCCC1. The van der Waals surface area contributed by atoms with Crippen LogP contribution in [0.5, 0.6) is 0 Å². The van der Waals surface area contributed by atoms with Crippen molar-refractivity contribution in [2.75, 3.05) is 13.1 Å². The van der Waals surface area contributed by atoms with Crippen LogP contribution in [0.4, 0.5) is 0 Å². The van der Waals surface area contributed by atoms with Gasteiger partial charge in [-0.05, 0) is 31.6 Å². The van der Waals surface area contributed by atoms with Gasteiger partial charge in [0.1, 0.15) is 0 Å². The maximum atomic E-state index is 3.76. The Kier molecular flexibility index (Phi) is 4.87. The zero-order valence-electron chi connectivity index (χ0n) is 11.9. The van der Waals surface area contributed by atoms with Crippen LogP contribution in [0.2, 0.25) is 0 Å². The first-order chi connectivity index (χ1) is 8.20. The lowest BCUT2D eigenvalue weighted by Gasteiger charge is -2.44. The van der Waals surface area contributed by atoms with Gasteiger partial charge >= 0.3 is 0 Å². The Hall–Kier alpha value is -0.0800. The summed E-state index contributed by atoms with van der Waals surface area (Å²) in [6.07, 6.45) is 8.45. The molecule has 0 bridgehead atoms. The molecule has 0 aromatic heterocycles. The molecule has 1 heterocycles. The summed E-state index contributed by atoms with van der Waals surface area (Å²) in [5.41, 5.74) is 0. The average molecular weight is 238 g/mol. The van der Waals surface area contributed by atoms with Crippen LogP contribution in [-0.2, 0) is 0 Å². The predicted molar refractivity (Wildman–Crippen MR) is 74.3 cm³/mol. The molecule has 0 aromatic rings. The third-order valence-electron chi connectivity index (χ3n) is 4.56. The second kappa shape index (κ2) is 6.19. The summed E-state index contributed by atoms with van der Waals surface area (Å²) in [7, 11) is 0. The Morgan fingerprint density at radius 3 is 2.53 bits per heavy atom. The van der Waals surface area contributed by atoms with Crippen molar-refractivity contribution in [3.63, 3.8) is 0 Å². The van der Waals surface area contributed by atoms with E-state index < -0.39 is 0 Å². The molecular weight excluding hydrogens is 208 g/mol. The molecule has 1 saturated carbocycles. The molecular formula is C15H30N2. The van der Waals surface area contributed by atoms with Gasteiger partial charge < -0.3 is 5.32 Å². The van der Waals surface area contributed by atoms with E-state index in [0.29, 0.717) is 0 Å². The summed E-state index contributed by atoms with van der Waals surface area (Å²) < 4.78 is 0. The number of nitrogens with zero attached hydrogens (tertiary/aromatic N) is 1. The highest BCUT2D eigenvalue weighted by Gasteiger charge is 2.33. The maximum absolute atomic E-state index is 3.76. The van der Waals surface area contributed by atoms with Gasteiger partial charge in [-0.2, -0.15) is 0 Å². The molecule has 1 N–H and O–H groups in total. The van der Waals surface area contributed by atoms with Crippen LogP contribution >= 0.6 is 0 Å². The molecule has 2 fully saturated rings. The standard InChI is InChI=1S/C15H30N2/c1-4-14-10-16-13(9-12(2)3)11-17(14)15-7-5-6-8-15/h12-16H,4-11H2,1-3H3. The first kappa shape index (κ1) is 13.4. The summed E-state index contributed by atoms with van der Waals surface area (Å²) in [4.78, 5) is 2.84. The molecule has 1 aliphatic heterocycles. The minimum absolute atomic E-state index is 0.735. The number of piperazine rings is 1. The molecule has 0 aromatic carbocycles. The molecule has 0 radical (unpaired) electrons. The Labute approximate surface area is 107 Å². The van der Waals surface area contributed by atoms with Crippen molar-refractivity contribution in [3.05, 3.63) is 0 Å². The minimum Gasteiger partial charge on any atom is -0.311 e. The van der Waals surface area contributed by atoms with Crippen molar-refractivity contribution in [2.24, 2.45) is 5.92 Å². The van der Waals surface area contributed by atoms with Crippen LogP contribution in [0, 0.1) is 5.92 Å². The second-order valence-electron chi connectivity index (χ2n) is 6.43. The van der Waals surface area contributed by atoms with Crippen molar-refractivity contribution < 1.29 is 0 Å². The highest BCUT2D eigenvalue weighted by Crippen LogP contribution is 2.28. The Balaban J connectivity index is 1.93. The van der Waals surface area contributed by atoms with E-state index in [1.54, 1.807) is 0 Å². The molecule has 100 valence electrons. The third-order valence-corrected chi connectivity index (χ3v) is 4.56. The number of nitrogens with one attached hydrogen (secondary N) is 1. The quantitative estimate of drug-likeness (QED) is 0.810. The summed E-state index contributed by atoms with van der Waals surface area (Å²) in [5.74, 6) is 0.816. The molecule has 1 saturated heterocycles. The molecule has 2 atom stereocenters. The van der Waals surface area contributed by atoms with E-state index >= 15 is 0 Å². The lowest BCUT2D eigenvalue weighted by molar-refractivity contribution is 0.0755. The molecule has 17 heavy (non-hydrogen) atoms. The van der Waals surface area contributed by atoms with E-state index in [2.05, 4.69) is 31.0 Å². The third kappa shape index (κ3) is 3.45. The molecule has 2 unspecified atom stereocenters. The zero-order chi connectivity index (χ0) is 12.3. The van der Waals surface area contributed by atoms with Gasteiger partial charge in [-0.15, -0.1) is 0 Å². The van der Waals surface area contributed by atoms with Gasteiger partial charge in [0.15, 0.2) is 0 Å².